The third-order valence-corrected chi connectivity index (χ3v) is 3.74. The van der Waals surface area contributed by atoms with Crippen molar-refractivity contribution in [3.63, 3.8) is 0 Å². The Morgan fingerprint density at radius 2 is 2.23 bits per heavy atom. The van der Waals surface area contributed by atoms with E-state index in [9.17, 15) is 13.6 Å². The lowest BCUT2D eigenvalue weighted by Gasteiger charge is -2.24. The Labute approximate surface area is 128 Å². The lowest BCUT2D eigenvalue weighted by atomic mass is 10.0. The van der Waals surface area contributed by atoms with Crippen molar-refractivity contribution in [2.24, 2.45) is 0 Å². The second-order valence-corrected chi connectivity index (χ2v) is 5.52. The minimum Gasteiger partial charge on any atom is -0.493 e. The van der Waals surface area contributed by atoms with E-state index < -0.39 is 6.61 Å². The Morgan fingerprint density at radius 1 is 1.45 bits per heavy atom. The molecule has 1 fully saturated rings. The molecule has 5 nitrogen and oxygen atoms in total. The highest BCUT2D eigenvalue weighted by atomic mass is 19.3. The predicted molar refractivity (Wildman–Crippen MR) is 77.6 cm³/mol. The molecule has 2 rings (SSSR count). The van der Waals surface area contributed by atoms with E-state index in [2.05, 4.69) is 15.4 Å². The Bertz CT molecular complexity index is 532. The summed E-state index contributed by atoms with van der Waals surface area (Å²) in [6, 6.07) is 4.20. The molecule has 0 spiro atoms. The number of alkyl halides is 2. The number of carbonyl (C=O) groups is 1. The highest BCUT2D eigenvalue weighted by Crippen LogP contribution is 2.29. The highest BCUT2D eigenvalue weighted by Gasteiger charge is 2.28. The van der Waals surface area contributed by atoms with Gasteiger partial charge in [-0.1, -0.05) is 0 Å². The van der Waals surface area contributed by atoms with Gasteiger partial charge in [0.05, 0.1) is 7.11 Å². The smallest absolute Gasteiger partial charge is 0.387 e. The van der Waals surface area contributed by atoms with Crippen molar-refractivity contribution in [1.29, 1.82) is 0 Å². The van der Waals surface area contributed by atoms with Crippen molar-refractivity contribution in [3.8, 4) is 11.5 Å². The number of amides is 1. The van der Waals surface area contributed by atoms with Crippen LogP contribution in [0.5, 0.6) is 11.5 Å². The molecule has 1 aliphatic heterocycles. The summed E-state index contributed by atoms with van der Waals surface area (Å²) in [7, 11) is 1.35. The van der Waals surface area contributed by atoms with Gasteiger partial charge in [-0.3, -0.25) is 4.79 Å². The van der Waals surface area contributed by atoms with Crippen molar-refractivity contribution in [2.45, 2.75) is 31.9 Å². The molecule has 1 aromatic rings. The normalized spacial score (nSPS) is 21.0. The molecule has 2 N–H and O–H groups in total. The zero-order chi connectivity index (χ0) is 16.2. The fraction of sp³-hybridized carbons (Fsp3) is 0.533. The van der Waals surface area contributed by atoms with Crippen molar-refractivity contribution in [3.05, 3.63) is 23.8 Å². The number of hydrogen-bond acceptors (Lipinski definition) is 4. The minimum atomic E-state index is -2.98. The molecule has 1 aliphatic rings. The van der Waals surface area contributed by atoms with Crippen LogP contribution in [-0.4, -0.2) is 38.3 Å². The first-order chi connectivity index (χ1) is 10.4. The number of halogens is 2. The van der Waals surface area contributed by atoms with E-state index in [0.717, 1.165) is 19.4 Å². The van der Waals surface area contributed by atoms with Gasteiger partial charge in [-0.2, -0.15) is 8.78 Å². The number of nitrogens with one attached hydrogen (secondary N) is 2. The first-order valence-corrected chi connectivity index (χ1v) is 7.10. The summed E-state index contributed by atoms with van der Waals surface area (Å²) in [6.45, 7) is 0.470. The van der Waals surface area contributed by atoms with Crippen LogP contribution in [0.3, 0.4) is 0 Å². The average Bonchev–Trinajstić information content (AvgIpc) is 2.91. The van der Waals surface area contributed by atoms with Gasteiger partial charge in [-0.05, 0) is 44.5 Å². The van der Waals surface area contributed by atoms with Gasteiger partial charge in [0.25, 0.3) is 5.91 Å². The first-order valence-electron chi connectivity index (χ1n) is 7.10. The van der Waals surface area contributed by atoms with Crippen LogP contribution in [0, 0.1) is 0 Å². The number of ether oxygens (including phenoxy) is 2. The van der Waals surface area contributed by atoms with Crippen molar-refractivity contribution in [1.82, 2.24) is 10.6 Å². The monoisotopic (exact) mass is 314 g/mol. The Balaban J connectivity index is 2.05. The largest absolute Gasteiger partial charge is 0.493 e. The molecular formula is C15H20F2N2O3. The van der Waals surface area contributed by atoms with Crippen LogP contribution in [0.25, 0.3) is 0 Å². The third kappa shape index (κ3) is 4.07. The minimum absolute atomic E-state index is 0.121. The Hall–Kier alpha value is -1.89. The maximum absolute atomic E-state index is 12.4. The second-order valence-electron chi connectivity index (χ2n) is 5.52. The summed E-state index contributed by atoms with van der Waals surface area (Å²) in [4.78, 5) is 12.2. The molecular weight excluding hydrogens is 294 g/mol. The molecule has 1 saturated heterocycles. The molecule has 0 saturated carbocycles. The summed E-state index contributed by atoms with van der Waals surface area (Å²) in [6.07, 6.45) is 2.05. The topological polar surface area (TPSA) is 59.6 Å². The first kappa shape index (κ1) is 16.5. The van der Waals surface area contributed by atoms with Gasteiger partial charge in [0.2, 0.25) is 0 Å². The van der Waals surface area contributed by atoms with Crippen LogP contribution in [0.1, 0.15) is 30.1 Å². The fourth-order valence-corrected chi connectivity index (χ4v) is 2.49. The van der Waals surface area contributed by atoms with Crippen LogP contribution >= 0.6 is 0 Å². The van der Waals surface area contributed by atoms with E-state index in [1.165, 1.54) is 25.3 Å². The second kappa shape index (κ2) is 6.91. The van der Waals surface area contributed by atoms with Crippen LogP contribution < -0.4 is 20.1 Å². The van der Waals surface area contributed by atoms with E-state index in [1.807, 2.05) is 6.92 Å². The predicted octanol–water partition coefficient (Wildman–Crippen LogP) is 2.17. The molecule has 0 aromatic heterocycles. The maximum Gasteiger partial charge on any atom is 0.387 e. The van der Waals surface area contributed by atoms with Gasteiger partial charge >= 0.3 is 6.61 Å². The van der Waals surface area contributed by atoms with Gasteiger partial charge in [-0.25, -0.2) is 0 Å². The van der Waals surface area contributed by atoms with Crippen molar-refractivity contribution in [2.75, 3.05) is 20.2 Å². The van der Waals surface area contributed by atoms with Crippen molar-refractivity contribution < 1.29 is 23.0 Å². The molecule has 0 unspecified atom stereocenters. The van der Waals surface area contributed by atoms with Gasteiger partial charge in [0.15, 0.2) is 11.5 Å². The molecule has 1 heterocycles. The molecule has 7 heteroatoms. The molecule has 1 atom stereocenters. The standard InChI is InChI=1S/C15H20F2N2O3/c1-15(6-3-7-19-15)9-18-13(20)10-4-5-11(21-2)12(8-10)22-14(16)17/h4-5,8,14,19H,3,6-7,9H2,1-2H3,(H,18,20)/t15-/m0/s1. The van der Waals surface area contributed by atoms with E-state index >= 15 is 0 Å². The Kier molecular flexibility index (Phi) is 5.18. The van der Waals surface area contributed by atoms with E-state index in [-0.39, 0.29) is 28.5 Å². The van der Waals surface area contributed by atoms with Crippen LogP contribution in [0.15, 0.2) is 18.2 Å². The quantitative estimate of drug-likeness (QED) is 0.845. The number of carbonyl (C=O) groups excluding carboxylic acids is 1. The van der Waals surface area contributed by atoms with Gasteiger partial charge in [0, 0.05) is 17.6 Å². The molecule has 1 aromatic carbocycles. The number of rotatable bonds is 6. The number of hydrogen-bond donors (Lipinski definition) is 2. The highest BCUT2D eigenvalue weighted by molar-refractivity contribution is 5.94. The molecule has 1 amide bonds. The van der Waals surface area contributed by atoms with E-state index in [0.29, 0.717) is 6.54 Å². The molecule has 0 bridgehead atoms. The van der Waals surface area contributed by atoms with Crippen LogP contribution in [0.2, 0.25) is 0 Å². The maximum atomic E-state index is 12.4. The number of methoxy groups -OCH3 is 1. The summed E-state index contributed by atoms with van der Waals surface area (Å²) >= 11 is 0. The van der Waals surface area contributed by atoms with Crippen LogP contribution in [0.4, 0.5) is 8.78 Å². The third-order valence-electron chi connectivity index (χ3n) is 3.74. The van der Waals surface area contributed by atoms with E-state index in [1.54, 1.807) is 0 Å². The summed E-state index contributed by atoms with van der Waals surface area (Å²) in [5, 5.41) is 6.15. The van der Waals surface area contributed by atoms with Gasteiger partial charge < -0.3 is 20.1 Å². The lowest BCUT2D eigenvalue weighted by Crippen LogP contribution is -2.47. The molecule has 0 aliphatic carbocycles. The zero-order valence-electron chi connectivity index (χ0n) is 12.6. The van der Waals surface area contributed by atoms with Gasteiger partial charge in [0.1, 0.15) is 0 Å². The number of benzene rings is 1. The van der Waals surface area contributed by atoms with E-state index in [4.69, 9.17) is 4.74 Å². The summed E-state index contributed by atoms with van der Waals surface area (Å²) in [5.74, 6) is -0.340. The molecule has 122 valence electrons. The molecule has 22 heavy (non-hydrogen) atoms. The van der Waals surface area contributed by atoms with Crippen molar-refractivity contribution >= 4 is 5.91 Å². The van der Waals surface area contributed by atoms with Gasteiger partial charge in [-0.15, -0.1) is 0 Å². The zero-order valence-corrected chi connectivity index (χ0v) is 12.6. The fourth-order valence-electron chi connectivity index (χ4n) is 2.49. The lowest BCUT2D eigenvalue weighted by molar-refractivity contribution is -0.0512. The summed E-state index contributed by atoms with van der Waals surface area (Å²) in [5.41, 5.74) is 0.128. The summed E-state index contributed by atoms with van der Waals surface area (Å²) < 4.78 is 34.1. The Morgan fingerprint density at radius 3 is 2.82 bits per heavy atom. The van der Waals surface area contributed by atoms with Crippen LogP contribution in [-0.2, 0) is 0 Å². The molecule has 0 radical (unpaired) electrons. The SMILES string of the molecule is COc1ccc(C(=O)NC[C@]2(C)CCCN2)cc1OC(F)F. The average molecular weight is 314 g/mol.